The molecule has 1 N–H and O–H groups in total. The number of nitrogens with one attached hydrogen (secondary N) is 1. The lowest BCUT2D eigenvalue weighted by Gasteiger charge is -2.38. The number of rotatable bonds is 1. The molecule has 0 aromatic heterocycles. The highest BCUT2D eigenvalue weighted by Crippen LogP contribution is 2.29. The molecule has 0 aromatic rings. The molecular weight excluding hydrogens is 141 g/mol. The zero-order valence-corrected chi connectivity index (χ0v) is 7.65. The van der Waals surface area contributed by atoms with E-state index in [1.165, 1.54) is 0 Å². The Morgan fingerprint density at radius 1 is 1.55 bits per heavy atom. The summed E-state index contributed by atoms with van der Waals surface area (Å²) < 4.78 is 13.7. The van der Waals surface area contributed by atoms with Crippen molar-refractivity contribution in [3.8, 4) is 0 Å². The molecule has 2 unspecified atom stereocenters. The zero-order valence-electron chi connectivity index (χ0n) is 7.65. The Hall–Kier alpha value is -0.110. The lowest BCUT2D eigenvalue weighted by atomic mass is 9.83. The fourth-order valence-corrected chi connectivity index (χ4v) is 1.99. The number of alkyl halides is 1. The average Bonchev–Trinajstić information content (AvgIpc) is 1.85. The van der Waals surface area contributed by atoms with Gasteiger partial charge in [0.25, 0.3) is 0 Å². The zero-order chi connectivity index (χ0) is 8.48. The predicted molar refractivity (Wildman–Crippen MR) is 45.4 cm³/mol. The van der Waals surface area contributed by atoms with Crippen molar-refractivity contribution < 1.29 is 4.39 Å². The maximum atomic E-state index is 13.7. The standard InChI is InChI=1S/C9H18FN/c1-7(2)8-9(3,10)5-4-6-11-8/h7-8,11H,4-6H2,1-3H3. The first-order valence-electron chi connectivity index (χ1n) is 4.46. The van der Waals surface area contributed by atoms with E-state index in [2.05, 4.69) is 19.2 Å². The van der Waals surface area contributed by atoms with Crippen molar-refractivity contribution >= 4 is 0 Å². The van der Waals surface area contributed by atoms with Crippen LogP contribution >= 0.6 is 0 Å². The van der Waals surface area contributed by atoms with Crippen LogP contribution in [0.3, 0.4) is 0 Å². The van der Waals surface area contributed by atoms with E-state index in [0.717, 1.165) is 13.0 Å². The Morgan fingerprint density at radius 2 is 2.18 bits per heavy atom. The van der Waals surface area contributed by atoms with Gasteiger partial charge in [0.15, 0.2) is 0 Å². The van der Waals surface area contributed by atoms with Crippen LogP contribution in [0, 0.1) is 5.92 Å². The number of halogens is 1. The minimum absolute atomic E-state index is 0.0521. The smallest absolute Gasteiger partial charge is 0.123 e. The number of hydrogen-bond donors (Lipinski definition) is 1. The molecule has 2 heteroatoms. The third kappa shape index (κ3) is 1.92. The summed E-state index contributed by atoms with van der Waals surface area (Å²) in [6.07, 6.45) is 1.68. The Labute approximate surface area is 68.4 Å². The van der Waals surface area contributed by atoms with Gasteiger partial charge >= 0.3 is 0 Å². The van der Waals surface area contributed by atoms with Gasteiger partial charge in [-0.3, -0.25) is 0 Å². The van der Waals surface area contributed by atoms with Crippen molar-refractivity contribution in [2.45, 2.75) is 45.3 Å². The molecule has 0 amide bonds. The normalized spacial score (nSPS) is 39.5. The maximum absolute atomic E-state index is 13.7. The molecule has 0 saturated carbocycles. The van der Waals surface area contributed by atoms with Crippen LogP contribution < -0.4 is 5.32 Å². The summed E-state index contributed by atoms with van der Waals surface area (Å²) in [4.78, 5) is 0. The second kappa shape index (κ2) is 3.10. The van der Waals surface area contributed by atoms with Crippen molar-refractivity contribution in [1.29, 1.82) is 0 Å². The van der Waals surface area contributed by atoms with Gasteiger partial charge in [0, 0.05) is 6.04 Å². The Bertz CT molecular complexity index is 132. The Morgan fingerprint density at radius 3 is 2.55 bits per heavy atom. The van der Waals surface area contributed by atoms with Crippen LogP contribution in [0.2, 0.25) is 0 Å². The molecule has 1 aliphatic heterocycles. The van der Waals surface area contributed by atoms with Crippen LogP contribution in [0.15, 0.2) is 0 Å². The number of piperidine rings is 1. The first kappa shape index (κ1) is 8.98. The quantitative estimate of drug-likeness (QED) is 0.618. The predicted octanol–water partition coefficient (Wildman–Crippen LogP) is 2.12. The van der Waals surface area contributed by atoms with Crippen LogP contribution in [-0.4, -0.2) is 18.3 Å². The van der Waals surface area contributed by atoms with Crippen LogP contribution in [0.25, 0.3) is 0 Å². The van der Waals surface area contributed by atoms with Gasteiger partial charge in [-0.1, -0.05) is 13.8 Å². The molecule has 0 spiro atoms. The van der Waals surface area contributed by atoms with Gasteiger partial charge < -0.3 is 5.32 Å². The third-order valence-corrected chi connectivity index (χ3v) is 2.52. The Kier molecular flexibility index (Phi) is 2.53. The van der Waals surface area contributed by atoms with E-state index in [1.54, 1.807) is 6.92 Å². The Balaban J connectivity index is 2.60. The monoisotopic (exact) mass is 159 g/mol. The fraction of sp³-hybridized carbons (Fsp3) is 1.00. The largest absolute Gasteiger partial charge is 0.311 e. The van der Waals surface area contributed by atoms with Crippen LogP contribution in [0.4, 0.5) is 4.39 Å². The summed E-state index contributed by atoms with van der Waals surface area (Å²) in [7, 11) is 0. The van der Waals surface area contributed by atoms with Crippen molar-refractivity contribution in [3.05, 3.63) is 0 Å². The molecule has 1 nitrogen and oxygen atoms in total. The molecular formula is C9H18FN. The third-order valence-electron chi connectivity index (χ3n) is 2.52. The van der Waals surface area contributed by atoms with E-state index < -0.39 is 5.67 Å². The molecule has 1 rings (SSSR count). The van der Waals surface area contributed by atoms with Crippen LogP contribution in [0.5, 0.6) is 0 Å². The lowest BCUT2D eigenvalue weighted by molar-refractivity contribution is 0.0644. The highest BCUT2D eigenvalue weighted by atomic mass is 19.1. The van der Waals surface area contributed by atoms with Crippen LogP contribution in [0.1, 0.15) is 33.6 Å². The van der Waals surface area contributed by atoms with Gasteiger partial charge in [0.05, 0.1) is 0 Å². The van der Waals surface area contributed by atoms with Crippen molar-refractivity contribution in [2.75, 3.05) is 6.54 Å². The van der Waals surface area contributed by atoms with Crippen LogP contribution in [-0.2, 0) is 0 Å². The molecule has 1 saturated heterocycles. The highest BCUT2D eigenvalue weighted by Gasteiger charge is 2.37. The minimum atomic E-state index is -0.994. The van der Waals surface area contributed by atoms with Gasteiger partial charge in [-0.05, 0) is 32.2 Å². The van der Waals surface area contributed by atoms with E-state index in [9.17, 15) is 4.39 Å². The average molecular weight is 159 g/mol. The van der Waals surface area contributed by atoms with E-state index in [-0.39, 0.29) is 6.04 Å². The first-order valence-corrected chi connectivity index (χ1v) is 4.46. The van der Waals surface area contributed by atoms with Gasteiger partial charge in [0.2, 0.25) is 0 Å². The van der Waals surface area contributed by atoms with E-state index in [4.69, 9.17) is 0 Å². The molecule has 66 valence electrons. The molecule has 1 heterocycles. The second-order valence-corrected chi connectivity index (χ2v) is 4.06. The van der Waals surface area contributed by atoms with E-state index in [0.29, 0.717) is 12.3 Å². The van der Waals surface area contributed by atoms with Gasteiger partial charge in [-0.25, -0.2) is 4.39 Å². The maximum Gasteiger partial charge on any atom is 0.123 e. The number of hydrogen-bond acceptors (Lipinski definition) is 1. The van der Waals surface area contributed by atoms with Crippen molar-refractivity contribution in [3.63, 3.8) is 0 Å². The second-order valence-electron chi connectivity index (χ2n) is 4.06. The topological polar surface area (TPSA) is 12.0 Å². The molecule has 0 aliphatic carbocycles. The summed E-state index contributed by atoms with van der Waals surface area (Å²) in [6, 6.07) is 0.0521. The summed E-state index contributed by atoms with van der Waals surface area (Å²) in [5.41, 5.74) is -0.994. The molecule has 2 atom stereocenters. The van der Waals surface area contributed by atoms with Crippen molar-refractivity contribution in [2.24, 2.45) is 5.92 Å². The molecule has 0 bridgehead atoms. The molecule has 1 aliphatic rings. The lowest BCUT2D eigenvalue weighted by Crippen LogP contribution is -2.53. The molecule has 1 fully saturated rings. The van der Waals surface area contributed by atoms with Gasteiger partial charge in [-0.15, -0.1) is 0 Å². The van der Waals surface area contributed by atoms with E-state index >= 15 is 0 Å². The summed E-state index contributed by atoms with van der Waals surface area (Å²) in [5.74, 6) is 0.394. The van der Waals surface area contributed by atoms with Crippen molar-refractivity contribution in [1.82, 2.24) is 5.32 Å². The summed E-state index contributed by atoms with van der Waals surface area (Å²) >= 11 is 0. The van der Waals surface area contributed by atoms with Gasteiger partial charge in [0.1, 0.15) is 5.67 Å². The summed E-state index contributed by atoms with van der Waals surface area (Å²) in [6.45, 7) is 6.83. The molecule has 11 heavy (non-hydrogen) atoms. The SMILES string of the molecule is CC(C)C1NCCCC1(C)F. The van der Waals surface area contributed by atoms with E-state index in [1.807, 2.05) is 0 Å². The molecule has 0 radical (unpaired) electrons. The van der Waals surface area contributed by atoms with Gasteiger partial charge in [-0.2, -0.15) is 0 Å². The first-order chi connectivity index (χ1) is 5.04. The fourth-order valence-electron chi connectivity index (χ4n) is 1.99. The minimum Gasteiger partial charge on any atom is -0.311 e. The summed E-state index contributed by atoms with van der Waals surface area (Å²) in [5, 5.41) is 3.23. The highest BCUT2D eigenvalue weighted by molar-refractivity contribution is 4.93. The molecule has 0 aromatic carbocycles.